The molecule has 0 spiro atoms. The van der Waals surface area contributed by atoms with Gasteiger partial charge in [0.05, 0.1) is 19.4 Å². The molecule has 92 valence electrons. The summed E-state index contributed by atoms with van der Waals surface area (Å²) in [6.07, 6.45) is 0.00787. The topological polar surface area (TPSA) is 69.4 Å². The molecule has 1 aromatic rings. The third-order valence-electron chi connectivity index (χ3n) is 2.33. The van der Waals surface area contributed by atoms with Gasteiger partial charge in [-0.25, -0.2) is 0 Å². The van der Waals surface area contributed by atoms with Crippen molar-refractivity contribution in [2.75, 3.05) is 13.7 Å². The van der Waals surface area contributed by atoms with Crippen LogP contribution in [-0.2, 0) is 9.53 Å². The molecule has 17 heavy (non-hydrogen) atoms. The third kappa shape index (κ3) is 4.52. The van der Waals surface area contributed by atoms with Crippen LogP contribution in [0.25, 0.3) is 0 Å². The molecule has 0 bridgehead atoms. The lowest BCUT2D eigenvalue weighted by Crippen LogP contribution is -2.17. The molecule has 6 heteroatoms. The molecular formula is C11H12BrNO4. The SMILES string of the molecule is COC(=O)CC(C[N+](=O)[O-])c1cccc(Br)c1. The van der Waals surface area contributed by atoms with Gasteiger partial charge in [-0.1, -0.05) is 28.1 Å². The highest BCUT2D eigenvalue weighted by Crippen LogP contribution is 2.23. The number of rotatable bonds is 5. The first-order valence-corrected chi connectivity index (χ1v) is 5.76. The number of hydrogen-bond donors (Lipinski definition) is 0. The van der Waals surface area contributed by atoms with Crippen LogP contribution in [0.5, 0.6) is 0 Å². The van der Waals surface area contributed by atoms with E-state index >= 15 is 0 Å². The lowest BCUT2D eigenvalue weighted by atomic mass is 9.96. The number of esters is 1. The molecule has 0 amide bonds. The molecule has 1 unspecified atom stereocenters. The van der Waals surface area contributed by atoms with Crippen LogP contribution >= 0.6 is 15.9 Å². The van der Waals surface area contributed by atoms with Crippen molar-refractivity contribution in [1.82, 2.24) is 0 Å². The van der Waals surface area contributed by atoms with E-state index in [1.165, 1.54) is 7.11 Å². The zero-order valence-electron chi connectivity index (χ0n) is 9.26. The molecule has 0 N–H and O–H groups in total. The Bertz CT molecular complexity index is 422. The Morgan fingerprint density at radius 1 is 1.59 bits per heavy atom. The van der Waals surface area contributed by atoms with Crippen LogP contribution in [0.15, 0.2) is 28.7 Å². The fourth-order valence-electron chi connectivity index (χ4n) is 1.51. The number of nitrogens with zero attached hydrogens (tertiary/aromatic N) is 1. The number of nitro groups is 1. The zero-order chi connectivity index (χ0) is 12.8. The molecule has 0 saturated carbocycles. The number of hydrogen-bond acceptors (Lipinski definition) is 4. The van der Waals surface area contributed by atoms with Gasteiger partial charge in [-0.15, -0.1) is 0 Å². The molecule has 5 nitrogen and oxygen atoms in total. The Hall–Kier alpha value is -1.43. The summed E-state index contributed by atoms with van der Waals surface area (Å²) in [6, 6.07) is 7.15. The highest BCUT2D eigenvalue weighted by atomic mass is 79.9. The Kier molecular flexibility index (Phi) is 5.09. The van der Waals surface area contributed by atoms with Crippen molar-refractivity contribution < 1.29 is 14.5 Å². The van der Waals surface area contributed by atoms with E-state index in [0.717, 1.165) is 10.0 Å². The predicted molar refractivity (Wildman–Crippen MR) is 65.4 cm³/mol. The monoisotopic (exact) mass is 301 g/mol. The summed E-state index contributed by atoms with van der Waals surface area (Å²) in [7, 11) is 1.27. The maximum absolute atomic E-state index is 11.2. The van der Waals surface area contributed by atoms with Crippen LogP contribution < -0.4 is 0 Å². The van der Waals surface area contributed by atoms with Crippen molar-refractivity contribution >= 4 is 21.9 Å². The van der Waals surface area contributed by atoms with Crippen LogP contribution in [0.1, 0.15) is 17.9 Å². The number of carbonyl (C=O) groups is 1. The molecule has 0 aliphatic rings. The first-order chi connectivity index (χ1) is 8.02. The minimum Gasteiger partial charge on any atom is -0.469 e. The van der Waals surface area contributed by atoms with Gasteiger partial charge in [0.2, 0.25) is 6.54 Å². The minimum atomic E-state index is -0.463. The maximum Gasteiger partial charge on any atom is 0.306 e. The molecule has 1 rings (SSSR count). The number of methoxy groups -OCH3 is 1. The molecule has 1 atom stereocenters. The van der Waals surface area contributed by atoms with Gasteiger partial charge in [-0.2, -0.15) is 0 Å². The van der Waals surface area contributed by atoms with Crippen LogP contribution in [0.2, 0.25) is 0 Å². The molecule has 0 heterocycles. The summed E-state index contributed by atoms with van der Waals surface area (Å²) in [4.78, 5) is 21.4. The van der Waals surface area contributed by atoms with E-state index in [4.69, 9.17) is 0 Å². The first-order valence-electron chi connectivity index (χ1n) is 4.97. The Morgan fingerprint density at radius 2 is 2.29 bits per heavy atom. The molecule has 0 fully saturated rings. The number of carbonyl (C=O) groups excluding carboxylic acids is 1. The normalized spacial score (nSPS) is 11.9. The summed E-state index contributed by atoms with van der Waals surface area (Å²) in [5.74, 6) is -0.910. The van der Waals surface area contributed by atoms with Gasteiger partial charge in [0.1, 0.15) is 0 Å². The largest absolute Gasteiger partial charge is 0.469 e. The van der Waals surface area contributed by atoms with Gasteiger partial charge in [-0.3, -0.25) is 14.9 Å². The number of halogens is 1. The van der Waals surface area contributed by atoms with Crippen molar-refractivity contribution in [1.29, 1.82) is 0 Å². The van der Waals surface area contributed by atoms with E-state index in [9.17, 15) is 14.9 Å². The molecule has 0 radical (unpaired) electrons. The van der Waals surface area contributed by atoms with Crippen LogP contribution in [0.4, 0.5) is 0 Å². The van der Waals surface area contributed by atoms with Gasteiger partial charge >= 0.3 is 5.97 Å². The summed E-state index contributed by atoms with van der Waals surface area (Å²) >= 11 is 3.29. The highest BCUT2D eigenvalue weighted by Gasteiger charge is 2.21. The Labute approximate surface area is 107 Å². The van der Waals surface area contributed by atoms with Gasteiger partial charge in [0.15, 0.2) is 0 Å². The molecule has 0 aliphatic heterocycles. The third-order valence-corrected chi connectivity index (χ3v) is 2.82. The van der Waals surface area contributed by atoms with Crippen molar-refractivity contribution in [2.24, 2.45) is 0 Å². The van der Waals surface area contributed by atoms with Crippen molar-refractivity contribution in [2.45, 2.75) is 12.3 Å². The first kappa shape index (κ1) is 13.6. The van der Waals surface area contributed by atoms with E-state index in [-0.39, 0.29) is 13.0 Å². The molecule has 0 aromatic heterocycles. The lowest BCUT2D eigenvalue weighted by molar-refractivity contribution is -0.483. The van der Waals surface area contributed by atoms with Gasteiger partial charge < -0.3 is 4.74 Å². The van der Waals surface area contributed by atoms with E-state index in [2.05, 4.69) is 20.7 Å². The smallest absolute Gasteiger partial charge is 0.306 e. The summed E-state index contributed by atoms with van der Waals surface area (Å²) in [5, 5.41) is 10.6. The lowest BCUT2D eigenvalue weighted by Gasteiger charge is -2.12. The van der Waals surface area contributed by atoms with Gasteiger partial charge in [-0.05, 0) is 17.7 Å². The zero-order valence-corrected chi connectivity index (χ0v) is 10.8. The van der Waals surface area contributed by atoms with E-state index in [1.54, 1.807) is 18.2 Å². The second-order valence-corrected chi connectivity index (χ2v) is 4.46. The van der Waals surface area contributed by atoms with Gasteiger partial charge in [0.25, 0.3) is 0 Å². The Morgan fingerprint density at radius 3 is 2.82 bits per heavy atom. The fourth-order valence-corrected chi connectivity index (χ4v) is 1.93. The Balaban J connectivity index is 2.89. The van der Waals surface area contributed by atoms with Crippen molar-refractivity contribution in [3.05, 3.63) is 44.4 Å². The fraction of sp³-hybridized carbons (Fsp3) is 0.364. The highest BCUT2D eigenvalue weighted by molar-refractivity contribution is 9.10. The minimum absolute atomic E-state index is 0.00787. The standard InChI is InChI=1S/C11H12BrNO4/c1-17-11(14)6-9(7-13(15)16)8-3-2-4-10(12)5-8/h2-5,9H,6-7H2,1H3. The maximum atomic E-state index is 11.2. The summed E-state index contributed by atoms with van der Waals surface area (Å²) in [5.41, 5.74) is 0.751. The van der Waals surface area contributed by atoms with Crippen molar-refractivity contribution in [3.8, 4) is 0 Å². The van der Waals surface area contributed by atoms with Crippen LogP contribution in [-0.4, -0.2) is 24.5 Å². The van der Waals surface area contributed by atoms with E-state index in [1.807, 2.05) is 6.07 Å². The molecule has 0 aliphatic carbocycles. The van der Waals surface area contributed by atoms with Crippen molar-refractivity contribution in [3.63, 3.8) is 0 Å². The summed E-state index contributed by atoms with van der Waals surface area (Å²) < 4.78 is 5.37. The summed E-state index contributed by atoms with van der Waals surface area (Å²) in [6.45, 7) is -0.286. The van der Waals surface area contributed by atoms with E-state index in [0.29, 0.717) is 0 Å². The number of benzene rings is 1. The predicted octanol–water partition coefficient (Wildman–Crippen LogP) is 2.37. The van der Waals surface area contributed by atoms with E-state index < -0.39 is 16.8 Å². The number of ether oxygens (including phenoxy) is 1. The molecular weight excluding hydrogens is 290 g/mol. The van der Waals surface area contributed by atoms with Crippen LogP contribution in [0.3, 0.4) is 0 Å². The quantitative estimate of drug-likeness (QED) is 0.475. The second-order valence-electron chi connectivity index (χ2n) is 3.55. The molecule has 0 saturated heterocycles. The average molecular weight is 302 g/mol. The van der Waals surface area contributed by atoms with Crippen LogP contribution in [0, 0.1) is 10.1 Å². The molecule has 1 aromatic carbocycles. The van der Waals surface area contributed by atoms with Gasteiger partial charge in [0, 0.05) is 9.40 Å². The second kappa shape index (κ2) is 6.34. The average Bonchev–Trinajstić information content (AvgIpc) is 2.27.